The summed E-state index contributed by atoms with van der Waals surface area (Å²) in [6.45, 7) is 3.89. The van der Waals surface area contributed by atoms with E-state index >= 15 is 0 Å². The number of hydrogen-bond acceptors (Lipinski definition) is 2. The molecule has 2 nitrogen and oxygen atoms in total. The van der Waals surface area contributed by atoms with Crippen LogP contribution in [0.25, 0.3) is 0 Å². The minimum absolute atomic E-state index is 0.0270. The molecule has 0 N–H and O–H groups in total. The highest BCUT2D eigenvalue weighted by Gasteiger charge is 2.67. The van der Waals surface area contributed by atoms with Crippen LogP contribution in [0.2, 0.25) is 0 Å². The number of alkyl halides is 2. The first kappa shape index (κ1) is 15.2. The van der Waals surface area contributed by atoms with Crippen molar-refractivity contribution < 1.29 is 18.4 Å². The van der Waals surface area contributed by atoms with E-state index < -0.39 is 17.1 Å². The second kappa shape index (κ2) is 4.40. The molecule has 0 bridgehead atoms. The molecular formula is C19H22F2O2. The zero-order chi connectivity index (χ0) is 16.6. The van der Waals surface area contributed by atoms with Gasteiger partial charge in [0.15, 0.2) is 5.78 Å². The number of hydrogen-bond donors (Lipinski definition) is 0. The van der Waals surface area contributed by atoms with Gasteiger partial charge in [-0.2, -0.15) is 8.78 Å². The summed E-state index contributed by atoms with van der Waals surface area (Å²) >= 11 is 0. The van der Waals surface area contributed by atoms with E-state index in [4.69, 9.17) is 0 Å². The van der Waals surface area contributed by atoms with E-state index in [1.165, 1.54) is 0 Å². The number of fused-ring (bicyclic) bond motifs is 5. The molecule has 0 aromatic rings. The van der Waals surface area contributed by atoms with Crippen LogP contribution in [0, 0.1) is 28.6 Å². The standard InChI is InChI=1S/C19H22F2O2/c1-17-7-5-12(22)9-11(17)3-4-13-14(17)6-8-18(2)15(13)10-19(20,21)16(18)23/h5,7,9,13-15H,3-4,6,8,10H2,1-2H3/t13-,14+,15+,17+,18+/m1/s1. The Morgan fingerprint density at radius 3 is 2.61 bits per heavy atom. The molecule has 0 heterocycles. The Bertz CT molecular complexity index is 662. The molecule has 23 heavy (non-hydrogen) atoms. The lowest BCUT2D eigenvalue weighted by atomic mass is 9.48. The zero-order valence-electron chi connectivity index (χ0n) is 13.6. The molecule has 5 atom stereocenters. The molecule has 124 valence electrons. The molecule has 0 aromatic heterocycles. The Balaban J connectivity index is 1.73. The van der Waals surface area contributed by atoms with Crippen molar-refractivity contribution in [3.05, 3.63) is 23.8 Å². The molecule has 0 saturated heterocycles. The smallest absolute Gasteiger partial charge is 0.292 e. The fourth-order valence-electron chi connectivity index (χ4n) is 5.96. The summed E-state index contributed by atoms with van der Waals surface area (Å²) in [5, 5.41) is 0. The first-order valence-electron chi connectivity index (χ1n) is 8.55. The third-order valence-corrected chi connectivity index (χ3v) is 7.27. The first-order valence-corrected chi connectivity index (χ1v) is 8.55. The predicted octanol–water partition coefficient (Wildman–Crippen LogP) is 4.11. The predicted molar refractivity (Wildman–Crippen MR) is 82.0 cm³/mol. The topological polar surface area (TPSA) is 34.1 Å². The molecule has 3 fully saturated rings. The summed E-state index contributed by atoms with van der Waals surface area (Å²) in [5.41, 5.74) is 0.0705. The third kappa shape index (κ3) is 1.84. The maximum absolute atomic E-state index is 14.1. The molecular weight excluding hydrogens is 298 g/mol. The average Bonchev–Trinajstić information content (AvgIpc) is 2.68. The van der Waals surface area contributed by atoms with Gasteiger partial charge in [0.25, 0.3) is 0 Å². The molecule has 0 spiro atoms. The minimum Gasteiger partial charge on any atom is -0.292 e. The summed E-state index contributed by atoms with van der Waals surface area (Å²) in [4.78, 5) is 23.9. The monoisotopic (exact) mass is 320 g/mol. The van der Waals surface area contributed by atoms with Gasteiger partial charge in [0.05, 0.1) is 0 Å². The Morgan fingerprint density at radius 2 is 1.87 bits per heavy atom. The minimum atomic E-state index is -3.16. The molecule has 4 aliphatic rings. The van der Waals surface area contributed by atoms with Gasteiger partial charge in [0, 0.05) is 17.3 Å². The molecule has 4 aliphatic carbocycles. The van der Waals surface area contributed by atoms with Gasteiger partial charge in [-0.25, -0.2) is 0 Å². The van der Waals surface area contributed by atoms with Crippen LogP contribution in [0.3, 0.4) is 0 Å². The largest absolute Gasteiger partial charge is 0.306 e. The van der Waals surface area contributed by atoms with Crippen molar-refractivity contribution in [2.24, 2.45) is 28.6 Å². The van der Waals surface area contributed by atoms with Crippen LogP contribution in [0.5, 0.6) is 0 Å². The Kier molecular flexibility index (Phi) is 2.91. The first-order chi connectivity index (χ1) is 10.7. The van der Waals surface area contributed by atoms with Gasteiger partial charge < -0.3 is 0 Å². The third-order valence-electron chi connectivity index (χ3n) is 7.27. The van der Waals surface area contributed by atoms with E-state index in [9.17, 15) is 18.4 Å². The van der Waals surface area contributed by atoms with Gasteiger partial charge in [-0.3, -0.25) is 9.59 Å². The van der Waals surface area contributed by atoms with Crippen molar-refractivity contribution in [2.45, 2.75) is 51.9 Å². The summed E-state index contributed by atoms with van der Waals surface area (Å²) < 4.78 is 28.2. The maximum Gasteiger partial charge on any atom is 0.306 e. The molecule has 0 radical (unpaired) electrons. The van der Waals surface area contributed by atoms with E-state index in [0.717, 1.165) is 24.8 Å². The second-order valence-electron chi connectivity index (χ2n) is 8.30. The molecule has 0 aliphatic heterocycles. The van der Waals surface area contributed by atoms with Crippen LogP contribution in [0.15, 0.2) is 23.8 Å². The van der Waals surface area contributed by atoms with Crippen LogP contribution < -0.4 is 0 Å². The van der Waals surface area contributed by atoms with Gasteiger partial charge in [-0.1, -0.05) is 25.5 Å². The normalized spacial score (nSPS) is 47.7. The van der Waals surface area contributed by atoms with Crippen LogP contribution in [0.4, 0.5) is 8.78 Å². The van der Waals surface area contributed by atoms with Gasteiger partial charge in [0.1, 0.15) is 0 Å². The van der Waals surface area contributed by atoms with Crippen LogP contribution in [-0.2, 0) is 9.59 Å². The highest BCUT2D eigenvalue weighted by atomic mass is 19.3. The lowest BCUT2D eigenvalue weighted by Gasteiger charge is -2.55. The van der Waals surface area contributed by atoms with Crippen molar-refractivity contribution in [3.8, 4) is 0 Å². The number of ketones is 2. The highest BCUT2D eigenvalue weighted by molar-refractivity contribution is 6.01. The fourth-order valence-corrected chi connectivity index (χ4v) is 5.96. The van der Waals surface area contributed by atoms with Crippen molar-refractivity contribution in [1.29, 1.82) is 0 Å². The van der Waals surface area contributed by atoms with Crippen molar-refractivity contribution in [2.75, 3.05) is 0 Å². The van der Waals surface area contributed by atoms with E-state index in [0.29, 0.717) is 6.42 Å². The molecule has 0 amide bonds. The second-order valence-corrected chi connectivity index (χ2v) is 8.30. The average molecular weight is 320 g/mol. The summed E-state index contributed by atoms with van der Waals surface area (Å²) in [6.07, 6.45) is 7.97. The van der Waals surface area contributed by atoms with Crippen LogP contribution >= 0.6 is 0 Å². The Labute approximate surface area is 135 Å². The lowest BCUT2D eigenvalue weighted by molar-refractivity contribution is -0.147. The molecule has 4 heteroatoms. The van der Waals surface area contributed by atoms with E-state index in [2.05, 4.69) is 6.92 Å². The molecule has 3 saturated carbocycles. The number of carbonyl (C=O) groups excluding carboxylic acids is 2. The van der Waals surface area contributed by atoms with Crippen LogP contribution in [-0.4, -0.2) is 17.5 Å². The van der Waals surface area contributed by atoms with Crippen molar-refractivity contribution in [3.63, 3.8) is 0 Å². The maximum atomic E-state index is 14.1. The number of carbonyl (C=O) groups is 2. The Hall–Kier alpha value is -1.32. The van der Waals surface area contributed by atoms with Gasteiger partial charge in [-0.15, -0.1) is 0 Å². The number of Topliss-reactive ketones (excluding diaryl/α,β-unsaturated/α-hetero) is 1. The fraction of sp³-hybridized carbons (Fsp3) is 0.684. The summed E-state index contributed by atoms with van der Waals surface area (Å²) in [6, 6.07) is 0. The Morgan fingerprint density at radius 1 is 1.13 bits per heavy atom. The summed E-state index contributed by atoms with van der Waals surface area (Å²) in [5.74, 6) is -3.80. The lowest BCUT2D eigenvalue weighted by Crippen LogP contribution is -2.49. The quantitative estimate of drug-likeness (QED) is 0.673. The zero-order valence-corrected chi connectivity index (χ0v) is 13.6. The summed E-state index contributed by atoms with van der Waals surface area (Å²) in [7, 11) is 0. The number of allylic oxidation sites excluding steroid dienone is 4. The van der Waals surface area contributed by atoms with E-state index in [1.54, 1.807) is 19.1 Å². The molecule has 0 aromatic carbocycles. The van der Waals surface area contributed by atoms with Crippen molar-refractivity contribution >= 4 is 11.6 Å². The SMILES string of the molecule is C[C@]12C=CC(=O)C=C1CC[C@@H]1[C@@H]2CC[C@]2(C)C(=O)C(F)(F)C[C@@H]12. The van der Waals surface area contributed by atoms with Gasteiger partial charge >= 0.3 is 5.92 Å². The van der Waals surface area contributed by atoms with Gasteiger partial charge in [0.2, 0.25) is 5.78 Å². The number of halogens is 2. The molecule has 0 unspecified atom stereocenters. The van der Waals surface area contributed by atoms with Crippen molar-refractivity contribution in [1.82, 2.24) is 0 Å². The number of rotatable bonds is 0. The highest BCUT2D eigenvalue weighted by Crippen LogP contribution is 2.65. The molecule has 4 rings (SSSR count). The van der Waals surface area contributed by atoms with Crippen LogP contribution in [0.1, 0.15) is 46.0 Å². The van der Waals surface area contributed by atoms with Gasteiger partial charge in [-0.05, 0) is 55.6 Å². The van der Waals surface area contributed by atoms with E-state index in [1.807, 2.05) is 6.08 Å². The van der Waals surface area contributed by atoms with E-state index in [-0.39, 0.29) is 35.4 Å².